The van der Waals surface area contributed by atoms with Crippen molar-refractivity contribution in [3.63, 3.8) is 0 Å². The van der Waals surface area contributed by atoms with Gasteiger partial charge >= 0.3 is 0 Å². The summed E-state index contributed by atoms with van der Waals surface area (Å²) in [6, 6.07) is 6.25. The highest BCUT2D eigenvalue weighted by atomic mass is 16.2. The second-order valence-corrected chi connectivity index (χ2v) is 16.4. The molecule has 0 fully saturated rings. The topological polar surface area (TPSA) is 37.4 Å². The van der Waals surface area contributed by atoms with E-state index in [0.29, 0.717) is 0 Å². The van der Waals surface area contributed by atoms with Crippen LogP contribution in [0.5, 0.6) is 0 Å². The lowest BCUT2D eigenvalue weighted by Crippen LogP contribution is -2.70. The van der Waals surface area contributed by atoms with Crippen molar-refractivity contribution in [1.29, 1.82) is 0 Å². The fourth-order valence-corrected chi connectivity index (χ4v) is 9.60. The van der Waals surface area contributed by atoms with E-state index in [2.05, 4.69) is 122 Å². The number of amides is 2. The van der Waals surface area contributed by atoms with Gasteiger partial charge in [0.1, 0.15) is 0 Å². The molecule has 1 aliphatic heterocycles. The summed E-state index contributed by atoms with van der Waals surface area (Å²) in [5.41, 5.74) is 1.87. The highest BCUT2D eigenvalue weighted by molar-refractivity contribution is 6.13. The Morgan fingerprint density at radius 1 is 0.639 bits per heavy atom. The number of fused-ring (bicyclic) bond motifs is 1. The van der Waals surface area contributed by atoms with E-state index >= 15 is 0 Å². The van der Waals surface area contributed by atoms with Crippen molar-refractivity contribution < 1.29 is 9.59 Å². The van der Waals surface area contributed by atoms with E-state index in [1.165, 1.54) is 23.3 Å². The smallest absolute Gasteiger partial charge is 0.254 e. The molecule has 3 rings (SSSR count). The van der Waals surface area contributed by atoms with Crippen molar-refractivity contribution in [2.24, 2.45) is 27.1 Å². The van der Waals surface area contributed by atoms with E-state index in [1.54, 1.807) is 4.90 Å². The Bertz CT molecular complexity index is 1050. The quantitative estimate of drug-likeness (QED) is 0.368. The molecule has 200 valence electrons. The van der Waals surface area contributed by atoms with Gasteiger partial charge in [0.05, 0.1) is 6.04 Å². The molecular formula is C33H51NO2. The summed E-state index contributed by atoms with van der Waals surface area (Å²) >= 11 is 0. The molecule has 0 saturated carbocycles. The van der Waals surface area contributed by atoms with Gasteiger partial charge in [-0.3, -0.25) is 14.5 Å². The second kappa shape index (κ2) is 7.81. The molecule has 0 unspecified atom stereocenters. The molecule has 1 aliphatic carbocycles. The third-order valence-corrected chi connectivity index (χ3v) is 9.29. The second-order valence-electron chi connectivity index (χ2n) is 16.4. The first-order chi connectivity index (χ1) is 15.9. The van der Waals surface area contributed by atoms with Crippen LogP contribution in [-0.4, -0.2) is 16.7 Å². The van der Waals surface area contributed by atoms with Gasteiger partial charge in [-0.2, -0.15) is 0 Å². The third kappa shape index (κ3) is 3.36. The first-order valence-electron chi connectivity index (χ1n) is 13.6. The predicted octanol–water partition coefficient (Wildman–Crippen LogP) is 8.37. The maximum absolute atomic E-state index is 13.5. The third-order valence-electron chi connectivity index (χ3n) is 9.29. The minimum atomic E-state index is -0.496. The normalized spacial score (nSPS) is 22.4. The van der Waals surface area contributed by atoms with Gasteiger partial charge in [-0.05, 0) is 43.8 Å². The van der Waals surface area contributed by atoms with Crippen LogP contribution < -0.4 is 0 Å². The molecule has 0 aromatic heterocycles. The Labute approximate surface area is 221 Å². The number of imide groups is 1. The Morgan fingerprint density at radius 3 is 1.39 bits per heavy atom. The molecule has 3 heteroatoms. The summed E-state index contributed by atoms with van der Waals surface area (Å²) in [6.45, 7) is 35.1. The average molecular weight is 494 g/mol. The van der Waals surface area contributed by atoms with E-state index in [1.807, 2.05) is 0 Å². The van der Waals surface area contributed by atoms with E-state index < -0.39 is 10.8 Å². The van der Waals surface area contributed by atoms with Gasteiger partial charge in [-0.15, -0.1) is 0 Å². The summed E-state index contributed by atoms with van der Waals surface area (Å²) < 4.78 is 0. The average Bonchev–Trinajstić information content (AvgIpc) is 3.11. The van der Waals surface area contributed by atoms with Gasteiger partial charge < -0.3 is 0 Å². The number of hydrogen-bond donors (Lipinski definition) is 0. The molecule has 0 radical (unpaired) electrons. The fourth-order valence-electron chi connectivity index (χ4n) is 9.60. The summed E-state index contributed by atoms with van der Waals surface area (Å²) in [5.74, 6) is -0.401. The van der Waals surface area contributed by atoms with Crippen molar-refractivity contribution in [3.05, 3.63) is 47.0 Å². The lowest BCUT2D eigenvalue weighted by molar-refractivity contribution is -0.213. The summed E-state index contributed by atoms with van der Waals surface area (Å²) in [7, 11) is 0. The van der Waals surface area contributed by atoms with Crippen LogP contribution in [0, 0.1) is 27.1 Å². The number of carbonyl (C=O) groups excluding carboxylic acids is 2. The first kappa shape index (κ1) is 28.7. The number of benzene rings is 1. The van der Waals surface area contributed by atoms with E-state index in [9.17, 15) is 9.59 Å². The largest absolute Gasteiger partial charge is 0.269 e. The molecule has 0 N–H and O–H groups in total. The van der Waals surface area contributed by atoms with E-state index in [0.717, 1.165) is 5.56 Å². The SMILES string of the molecule is CC(C)(C)c1cccc2c1C(C(C)(C)C)(C(C)(C)C)C(C(C)(C)C)(C(C)(C)C)[C@H]2N1C(=O)C=CC1=O. The van der Waals surface area contributed by atoms with Crippen LogP contribution in [0.1, 0.15) is 127 Å². The van der Waals surface area contributed by atoms with Gasteiger partial charge in [-0.1, -0.05) is 122 Å². The molecule has 0 bridgehead atoms. The maximum Gasteiger partial charge on any atom is 0.254 e. The molecule has 1 heterocycles. The van der Waals surface area contributed by atoms with E-state index in [4.69, 9.17) is 0 Å². The van der Waals surface area contributed by atoms with Crippen molar-refractivity contribution in [2.45, 2.75) is 121 Å². The summed E-state index contributed by atoms with van der Waals surface area (Å²) in [5, 5.41) is 0. The van der Waals surface area contributed by atoms with Crippen LogP contribution in [0.4, 0.5) is 0 Å². The van der Waals surface area contributed by atoms with Gasteiger partial charge in [-0.25, -0.2) is 0 Å². The highest BCUT2D eigenvalue weighted by Crippen LogP contribution is 2.81. The van der Waals surface area contributed by atoms with Gasteiger partial charge in [0.2, 0.25) is 0 Å². The van der Waals surface area contributed by atoms with Gasteiger partial charge in [0.25, 0.3) is 11.8 Å². The number of nitrogens with zero attached hydrogens (tertiary/aromatic N) is 1. The molecule has 36 heavy (non-hydrogen) atoms. The highest BCUT2D eigenvalue weighted by Gasteiger charge is 2.79. The van der Waals surface area contributed by atoms with Crippen LogP contribution in [0.25, 0.3) is 0 Å². The zero-order chi connectivity index (χ0) is 28.1. The number of carbonyl (C=O) groups is 2. The van der Waals surface area contributed by atoms with Gasteiger partial charge in [0.15, 0.2) is 0 Å². The molecule has 2 amide bonds. The fraction of sp³-hybridized carbons (Fsp3) is 0.697. The van der Waals surface area contributed by atoms with Crippen LogP contribution in [-0.2, 0) is 20.4 Å². The standard InChI is InChI=1S/C33H51NO2/c1-27(2,3)22-18-16-17-21-25(22)32(28(4,5)6,29(7,8)9)33(30(10,11)12,31(13,14)15)26(21)34-23(35)19-20-24(34)36/h16-20,26H,1-15H3/t26-/m0/s1. The molecule has 1 atom stereocenters. The molecular weight excluding hydrogens is 442 g/mol. The zero-order valence-corrected chi connectivity index (χ0v) is 25.7. The summed E-state index contributed by atoms with van der Waals surface area (Å²) in [4.78, 5) is 28.7. The number of hydrogen-bond acceptors (Lipinski definition) is 2. The zero-order valence-electron chi connectivity index (χ0n) is 25.7. The lowest BCUT2D eigenvalue weighted by Gasteiger charge is -2.72. The van der Waals surface area contributed by atoms with Crippen molar-refractivity contribution in [2.75, 3.05) is 0 Å². The lowest BCUT2D eigenvalue weighted by atomic mass is 9.32. The number of rotatable bonds is 1. The van der Waals surface area contributed by atoms with Crippen LogP contribution in [0.15, 0.2) is 30.4 Å². The Hall–Kier alpha value is -1.90. The van der Waals surface area contributed by atoms with Gasteiger partial charge in [0, 0.05) is 23.0 Å². The molecule has 2 aliphatic rings. The molecule has 0 spiro atoms. The monoisotopic (exact) mass is 493 g/mol. The minimum absolute atomic E-state index is 0.110. The predicted molar refractivity (Wildman–Crippen MR) is 151 cm³/mol. The molecule has 0 saturated heterocycles. The van der Waals surface area contributed by atoms with Crippen LogP contribution >= 0.6 is 0 Å². The van der Waals surface area contributed by atoms with E-state index in [-0.39, 0.29) is 44.9 Å². The summed E-state index contributed by atoms with van der Waals surface area (Å²) in [6.07, 6.45) is 2.92. The molecule has 1 aromatic rings. The first-order valence-corrected chi connectivity index (χ1v) is 13.6. The Balaban J connectivity index is 2.82. The van der Waals surface area contributed by atoms with Crippen molar-refractivity contribution in [1.82, 2.24) is 4.90 Å². The molecule has 1 aromatic carbocycles. The van der Waals surface area contributed by atoms with Crippen molar-refractivity contribution >= 4 is 11.8 Å². The van der Waals surface area contributed by atoms with Crippen LogP contribution in [0.3, 0.4) is 0 Å². The van der Waals surface area contributed by atoms with Crippen LogP contribution in [0.2, 0.25) is 0 Å². The van der Waals surface area contributed by atoms with Crippen molar-refractivity contribution in [3.8, 4) is 0 Å². The minimum Gasteiger partial charge on any atom is -0.269 e. The molecule has 3 nitrogen and oxygen atoms in total. The Kier molecular flexibility index (Phi) is 6.22. The Morgan fingerprint density at radius 2 is 1.06 bits per heavy atom. The maximum atomic E-state index is 13.5.